The normalized spacial score (nSPS) is 17.7. The molecule has 0 aliphatic carbocycles. The van der Waals surface area contributed by atoms with E-state index in [1.807, 2.05) is 42.5 Å². The molecule has 2 aromatic rings. The highest BCUT2D eigenvalue weighted by Crippen LogP contribution is 2.32. The molecule has 2 aromatic carbocycles. The van der Waals surface area contributed by atoms with Gasteiger partial charge >= 0.3 is 0 Å². The fraction of sp³-hybridized carbons (Fsp3) is 0.211. The van der Waals surface area contributed by atoms with E-state index in [2.05, 4.69) is 51.4 Å². The molecule has 0 saturated heterocycles. The second-order valence-corrected chi connectivity index (χ2v) is 7.52. The molecular weight excluding hydrogens is 380 g/mol. The summed E-state index contributed by atoms with van der Waals surface area (Å²) in [6.07, 6.45) is 0.850. The lowest BCUT2D eigenvalue weighted by Gasteiger charge is -2.35. The van der Waals surface area contributed by atoms with Crippen molar-refractivity contribution in [2.75, 3.05) is 0 Å². The zero-order valence-corrected chi connectivity index (χ0v) is 15.7. The number of azo groups is 1. The molecule has 1 aliphatic heterocycles. The monoisotopic (exact) mass is 398 g/mol. The number of benzene rings is 2. The number of hydrogen-bond donors (Lipinski definition) is 2. The van der Waals surface area contributed by atoms with E-state index in [0.717, 1.165) is 22.0 Å². The molecule has 0 unspecified atom stereocenters. The van der Waals surface area contributed by atoms with Gasteiger partial charge in [-0.1, -0.05) is 40.2 Å². The van der Waals surface area contributed by atoms with E-state index in [1.165, 1.54) is 0 Å². The molecule has 0 bridgehead atoms. The molecule has 0 fully saturated rings. The van der Waals surface area contributed by atoms with Crippen LogP contribution in [0.3, 0.4) is 0 Å². The summed E-state index contributed by atoms with van der Waals surface area (Å²) in [6.45, 7) is 4.15. The van der Waals surface area contributed by atoms with Gasteiger partial charge in [0, 0.05) is 15.6 Å². The fourth-order valence-electron chi connectivity index (χ4n) is 2.87. The smallest absolute Gasteiger partial charge is 0.271 e. The maximum Gasteiger partial charge on any atom is 0.271 e. The Bertz CT molecular complexity index is 869. The van der Waals surface area contributed by atoms with Gasteiger partial charge in [-0.2, -0.15) is 5.11 Å². The van der Waals surface area contributed by atoms with Gasteiger partial charge in [0.2, 0.25) is 0 Å². The molecule has 1 aliphatic rings. The second-order valence-electron chi connectivity index (χ2n) is 6.61. The van der Waals surface area contributed by atoms with E-state index in [9.17, 15) is 4.79 Å². The van der Waals surface area contributed by atoms with Crippen molar-refractivity contribution in [1.29, 1.82) is 0 Å². The largest absolute Gasteiger partial charge is 0.377 e. The number of nitrogens with two attached hydrogens (primary N) is 1. The van der Waals surface area contributed by atoms with Crippen LogP contribution in [0.25, 0.3) is 5.70 Å². The lowest BCUT2D eigenvalue weighted by atomic mass is 9.85. The van der Waals surface area contributed by atoms with E-state index >= 15 is 0 Å². The van der Waals surface area contributed by atoms with Crippen molar-refractivity contribution in [1.82, 2.24) is 5.32 Å². The van der Waals surface area contributed by atoms with Gasteiger partial charge in [0.25, 0.3) is 5.91 Å². The number of halogens is 1. The summed E-state index contributed by atoms with van der Waals surface area (Å²) >= 11 is 3.38. The Kier molecular flexibility index (Phi) is 4.72. The van der Waals surface area contributed by atoms with E-state index in [1.54, 1.807) is 0 Å². The number of nitrogens with zero attached hydrogens (tertiary/aromatic N) is 2. The van der Waals surface area contributed by atoms with Crippen LogP contribution in [-0.2, 0) is 11.2 Å². The maximum atomic E-state index is 12.1. The van der Waals surface area contributed by atoms with Gasteiger partial charge in [-0.05, 0) is 50.1 Å². The van der Waals surface area contributed by atoms with E-state index in [-0.39, 0.29) is 11.2 Å². The minimum atomic E-state index is -0.615. The zero-order valence-electron chi connectivity index (χ0n) is 14.1. The fourth-order valence-corrected chi connectivity index (χ4v) is 3.13. The molecule has 0 spiro atoms. The highest BCUT2D eigenvalue weighted by Gasteiger charge is 2.30. The number of rotatable bonds is 3. The van der Waals surface area contributed by atoms with Crippen LogP contribution in [0.15, 0.2) is 68.9 Å². The third kappa shape index (κ3) is 3.96. The van der Waals surface area contributed by atoms with Crippen LogP contribution in [0.5, 0.6) is 0 Å². The molecule has 3 N–H and O–H groups in total. The van der Waals surface area contributed by atoms with E-state index in [0.29, 0.717) is 11.4 Å². The summed E-state index contributed by atoms with van der Waals surface area (Å²) < 4.78 is 0.949. The molecule has 5 nitrogen and oxygen atoms in total. The number of hydrogen-bond acceptors (Lipinski definition) is 4. The Hall–Kier alpha value is -2.47. The van der Waals surface area contributed by atoms with Crippen LogP contribution in [0.4, 0.5) is 5.69 Å². The van der Waals surface area contributed by atoms with Crippen LogP contribution in [0, 0.1) is 0 Å². The molecule has 1 amide bonds. The summed E-state index contributed by atoms with van der Waals surface area (Å²) in [6, 6.07) is 15.3. The van der Waals surface area contributed by atoms with Gasteiger partial charge in [-0.25, -0.2) is 0 Å². The van der Waals surface area contributed by atoms with Crippen LogP contribution in [0.2, 0.25) is 0 Å². The minimum Gasteiger partial charge on any atom is -0.377 e. The summed E-state index contributed by atoms with van der Waals surface area (Å²) in [4.78, 5) is 12.1. The molecular formula is C19H19BrN4O. The molecule has 0 saturated carbocycles. The van der Waals surface area contributed by atoms with Gasteiger partial charge < -0.3 is 11.1 Å². The van der Waals surface area contributed by atoms with Crippen molar-refractivity contribution in [3.8, 4) is 0 Å². The average molecular weight is 399 g/mol. The molecule has 0 aromatic heterocycles. The number of carbonyl (C=O) groups is 1. The summed E-state index contributed by atoms with van der Waals surface area (Å²) in [5.41, 5.74) is 8.88. The van der Waals surface area contributed by atoms with E-state index in [4.69, 9.17) is 5.73 Å². The summed E-state index contributed by atoms with van der Waals surface area (Å²) in [7, 11) is 0. The average Bonchev–Trinajstić information content (AvgIpc) is 2.55. The summed E-state index contributed by atoms with van der Waals surface area (Å²) in [5, 5.41) is 11.7. The highest BCUT2D eigenvalue weighted by molar-refractivity contribution is 9.10. The first-order chi connectivity index (χ1) is 11.9. The SMILES string of the molecule is CC1(C)Cc2ccccc2C(=C(N=Nc2ccc(Br)cc2)C(N)=O)N1. The van der Waals surface area contributed by atoms with Crippen molar-refractivity contribution < 1.29 is 4.79 Å². The van der Waals surface area contributed by atoms with Gasteiger partial charge in [0.05, 0.1) is 11.4 Å². The maximum absolute atomic E-state index is 12.1. The highest BCUT2D eigenvalue weighted by atomic mass is 79.9. The Morgan fingerprint density at radius 2 is 1.84 bits per heavy atom. The lowest BCUT2D eigenvalue weighted by Crippen LogP contribution is -2.44. The van der Waals surface area contributed by atoms with Crippen LogP contribution >= 0.6 is 15.9 Å². The summed E-state index contributed by atoms with van der Waals surface area (Å²) in [5.74, 6) is -0.615. The van der Waals surface area contributed by atoms with Gasteiger partial charge in [-0.3, -0.25) is 4.79 Å². The first-order valence-corrected chi connectivity index (χ1v) is 8.73. The van der Waals surface area contributed by atoms with Crippen LogP contribution in [0.1, 0.15) is 25.0 Å². The Balaban J connectivity index is 2.09. The molecule has 25 heavy (non-hydrogen) atoms. The number of nitrogens with one attached hydrogen (secondary N) is 1. The van der Waals surface area contributed by atoms with Crippen molar-refractivity contribution >= 4 is 33.2 Å². The molecule has 1 heterocycles. The number of carbonyl (C=O) groups excluding carboxylic acids is 1. The molecule has 3 rings (SSSR count). The Labute approximate surface area is 155 Å². The third-order valence-electron chi connectivity index (χ3n) is 3.94. The third-order valence-corrected chi connectivity index (χ3v) is 4.47. The standard InChI is InChI=1S/C19H19BrN4O/c1-19(2)11-12-5-3-4-6-15(12)16(22-19)17(18(21)25)24-23-14-9-7-13(20)8-10-14/h3-10,22H,11H2,1-2H3,(H2,21,25). The number of amides is 1. The van der Waals surface area contributed by atoms with Gasteiger partial charge in [-0.15, -0.1) is 5.11 Å². The van der Waals surface area contributed by atoms with Crippen molar-refractivity contribution in [2.45, 2.75) is 25.8 Å². The molecule has 0 radical (unpaired) electrons. The lowest BCUT2D eigenvalue weighted by molar-refractivity contribution is -0.114. The molecule has 6 heteroatoms. The Morgan fingerprint density at radius 3 is 2.52 bits per heavy atom. The molecule has 128 valence electrons. The van der Waals surface area contributed by atoms with E-state index < -0.39 is 5.91 Å². The van der Waals surface area contributed by atoms with Crippen LogP contribution in [-0.4, -0.2) is 11.4 Å². The number of primary amides is 1. The van der Waals surface area contributed by atoms with Crippen molar-refractivity contribution in [3.05, 3.63) is 69.8 Å². The predicted molar refractivity (Wildman–Crippen MR) is 102 cm³/mol. The van der Waals surface area contributed by atoms with Gasteiger partial charge in [0.1, 0.15) is 0 Å². The zero-order chi connectivity index (χ0) is 18.0. The minimum absolute atomic E-state index is 0.128. The van der Waals surface area contributed by atoms with Crippen molar-refractivity contribution in [2.24, 2.45) is 16.0 Å². The topological polar surface area (TPSA) is 79.8 Å². The van der Waals surface area contributed by atoms with Crippen LogP contribution < -0.4 is 11.1 Å². The van der Waals surface area contributed by atoms with Crippen molar-refractivity contribution in [3.63, 3.8) is 0 Å². The van der Waals surface area contributed by atoms with Gasteiger partial charge in [0.15, 0.2) is 5.70 Å². The second kappa shape index (κ2) is 6.80. The quantitative estimate of drug-likeness (QED) is 0.596. The predicted octanol–water partition coefficient (Wildman–Crippen LogP) is 4.31. The first kappa shape index (κ1) is 17.4. The first-order valence-electron chi connectivity index (χ1n) is 7.93. The Morgan fingerprint density at radius 1 is 1.16 bits per heavy atom. The molecule has 0 atom stereocenters. The number of fused-ring (bicyclic) bond motifs is 1.